The first-order valence-electron chi connectivity index (χ1n) is 4.78. The maximum atomic E-state index is 5.66. The maximum Gasteiger partial charge on any atom is 0.105 e. The highest BCUT2D eigenvalue weighted by Gasteiger charge is 2.31. The van der Waals surface area contributed by atoms with Crippen molar-refractivity contribution in [3.63, 3.8) is 0 Å². The van der Waals surface area contributed by atoms with E-state index in [4.69, 9.17) is 19.9 Å². The third kappa shape index (κ3) is 2.26. The molecule has 0 heterocycles. The van der Waals surface area contributed by atoms with E-state index in [-0.39, 0.29) is 18.1 Å². The lowest BCUT2D eigenvalue weighted by atomic mass is 9.90. The van der Waals surface area contributed by atoms with Crippen molar-refractivity contribution >= 4 is 0 Å². The van der Waals surface area contributed by atoms with E-state index in [1.54, 1.807) is 21.3 Å². The second-order valence-electron chi connectivity index (χ2n) is 3.42. The fraction of sp³-hybridized carbons (Fsp3) is 0.800. The molecule has 0 radical (unpaired) electrons. The molecule has 1 rings (SSSR count). The minimum absolute atomic E-state index is 0.0299. The molecule has 1 aliphatic rings. The van der Waals surface area contributed by atoms with E-state index >= 15 is 0 Å². The van der Waals surface area contributed by atoms with Gasteiger partial charge in [0.15, 0.2) is 0 Å². The number of nitrogens with two attached hydrogens (primary N) is 1. The highest BCUT2D eigenvalue weighted by Crippen LogP contribution is 2.27. The first kappa shape index (κ1) is 11.5. The second-order valence-corrected chi connectivity index (χ2v) is 3.42. The third-order valence-electron chi connectivity index (χ3n) is 2.71. The average Bonchev–Trinajstić information content (AvgIpc) is 2.26. The van der Waals surface area contributed by atoms with Crippen molar-refractivity contribution in [1.82, 2.24) is 0 Å². The van der Waals surface area contributed by atoms with Gasteiger partial charge in [0.05, 0.1) is 19.0 Å². The topological polar surface area (TPSA) is 53.7 Å². The molecule has 2 N–H and O–H groups in total. The van der Waals surface area contributed by atoms with Crippen molar-refractivity contribution in [3.8, 4) is 0 Å². The normalized spacial score (nSPS) is 32.6. The van der Waals surface area contributed by atoms with E-state index < -0.39 is 0 Å². The van der Waals surface area contributed by atoms with E-state index in [1.165, 1.54) is 0 Å². The van der Waals surface area contributed by atoms with Crippen LogP contribution in [0.3, 0.4) is 0 Å². The van der Waals surface area contributed by atoms with Gasteiger partial charge in [-0.15, -0.1) is 0 Å². The van der Waals surface area contributed by atoms with Crippen molar-refractivity contribution in [1.29, 1.82) is 0 Å². The van der Waals surface area contributed by atoms with Gasteiger partial charge in [0.1, 0.15) is 6.10 Å². The van der Waals surface area contributed by atoms with Crippen LogP contribution in [-0.2, 0) is 14.2 Å². The first-order valence-corrected chi connectivity index (χ1v) is 4.78. The predicted molar refractivity (Wildman–Crippen MR) is 53.8 cm³/mol. The van der Waals surface area contributed by atoms with Crippen LogP contribution in [0.25, 0.3) is 0 Å². The van der Waals surface area contributed by atoms with Crippen LogP contribution in [0.1, 0.15) is 6.42 Å². The summed E-state index contributed by atoms with van der Waals surface area (Å²) < 4.78 is 15.9. The van der Waals surface area contributed by atoms with Gasteiger partial charge in [-0.2, -0.15) is 0 Å². The van der Waals surface area contributed by atoms with Gasteiger partial charge in [0.25, 0.3) is 0 Å². The van der Waals surface area contributed by atoms with Gasteiger partial charge < -0.3 is 19.9 Å². The molecule has 0 aromatic rings. The van der Waals surface area contributed by atoms with Gasteiger partial charge in [-0.3, -0.25) is 0 Å². The van der Waals surface area contributed by atoms with Gasteiger partial charge >= 0.3 is 0 Å². The molecule has 14 heavy (non-hydrogen) atoms. The van der Waals surface area contributed by atoms with E-state index in [0.717, 1.165) is 12.2 Å². The summed E-state index contributed by atoms with van der Waals surface area (Å²) in [5, 5.41) is 0. The number of methoxy groups -OCH3 is 3. The fourth-order valence-corrected chi connectivity index (χ4v) is 1.83. The highest BCUT2D eigenvalue weighted by atomic mass is 16.5. The minimum Gasteiger partial charge on any atom is -0.501 e. The van der Waals surface area contributed by atoms with Crippen molar-refractivity contribution in [2.45, 2.75) is 18.6 Å². The Morgan fingerprint density at radius 1 is 1.36 bits per heavy atom. The summed E-state index contributed by atoms with van der Waals surface area (Å²) in [7, 11) is 5.02. The number of hydrogen-bond donors (Lipinski definition) is 1. The molecule has 3 atom stereocenters. The molecule has 0 saturated heterocycles. The molecule has 4 heteroatoms. The summed E-state index contributed by atoms with van der Waals surface area (Å²) in [6.07, 6.45) is 2.85. The zero-order valence-corrected chi connectivity index (χ0v) is 9.03. The van der Waals surface area contributed by atoms with E-state index in [9.17, 15) is 0 Å². The van der Waals surface area contributed by atoms with Crippen molar-refractivity contribution in [2.24, 2.45) is 11.7 Å². The van der Waals surface area contributed by atoms with Crippen LogP contribution in [0.5, 0.6) is 0 Å². The summed E-state index contributed by atoms with van der Waals surface area (Å²) in [4.78, 5) is 0. The Morgan fingerprint density at radius 3 is 2.50 bits per heavy atom. The molecular weight excluding hydrogens is 182 g/mol. The van der Waals surface area contributed by atoms with E-state index in [0.29, 0.717) is 6.54 Å². The first-order chi connectivity index (χ1) is 6.76. The Labute approximate surface area is 85.0 Å². The molecular formula is C10H19NO3. The van der Waals surface area contributed by atoms with Gasteiger partial charge in [0.2, 0.25) is 0 Å². The molecule has 3 unspecified atom stereocenters. The fourth-order valence-electron chi connectivity index (χ4n) is 1.83. The Hall–Kier alpha value is -0.580. The highest BCUT2D eigenvalue weighted by molar-refractivity contribution is 5.10. The molecule has 0 aromatic heterocycles. The zero-order chi connectivity index (χ0) is 10.6. The number of ether oxygens (including phenoxy) is 3. The number of rotatable bonds is 4. The van der Waals surface area contributed by atoms with Crippen LogP contribution in [0.2, 0.25) is 0 Å². The summed E-state index contributed by atoms with van der Waals surface area (Å²) in [5.41, 5.74) is 5.66. The molecule has 0 aromatic carbocycles. The van der Waals surface area contributed by atoms with Crippen molar-refractivity contribution in [2.75, 3.05) is 27.9 Å². The van der Waals surface area contributed by atoms with Crippen LogP contribution < -0.4 is 5.73 Å². The summed E-state index contributed by atoms with van der Waals surface area (Å²) in [6, 6.07) is 0. The maximum absolute atomic E-state index is 5.66. The van der Waals surface area contributed by atoms with E-state index in [2.05, 4.69) is 0 Å². The molecule has 1 aliphatic carbocycles. The Morgan fingerprint density at radius 2 is 2.07 bits per heavy atom. The van der Waals surface area contributed by atoms with Crippen molar-refractivity contribution < 1.29 is 14.2 Å². The SMILES string of the molecule is COC1=CC(OC)C(OC)CC1CN. The van der Waals surface area contributed by atoms with Gasteiger partial charge in [0, 0.05) is 26.7 Å². The molecule has 0 spiro atoms. The van der Waals surface area contributed by atoms with E-state index in [1.807, 2.05) is 6.08 Å². The summed E-state index contributed by atoms with van der Waals surface area (Å²) >= 11 is 0. The van der Waals surface area contributed by atoms with Crippen molar-refractivity contribution in [3.05, 3.63) is 11.8 Å². The van der Waals surface area contributed by atoms with Gasteiger partial charge in [-0.25, -0.2) is 0 Å². The minimum atomic E-state index is -0.0299. The molecule has 0 amide bonds. The van der Waals surface area contributed by atoms with Crippen LogP contribution in [-0.4, -0.2) is 40.1 Å². The average molecular weight is 201 g/mol. The largest absolute Gasteiger partial charge is 0.501 e. The zero-order valence-electron chi connectivity index (χ0n) is 9.03. The lowest BCUT2D eigenvalue weighted by molar-refractivity contribution is -0.0349. The van der Waals surface area contributed by atoms with Crippen LogP contribution >= 0.6 is 0 Å². The quantitative estimate of drug-likeness (QED) is 0.720. The monoisotopic (exact) mass is 201 g/mol. The van der Waals surface area contributed by atoms with Crippen LogP contribution in [0.4, 0.5) is 0 Å². The molecule has 4 nitrogen and oxygen atoms in total. The third-order valence-corrected chi connectivity index (χ3v) is 2.71. The lowest BCUT2D eigenvalue weighted by Crippen LogP contribution is -2.38. The van der Waals surface area contributed by atoms with Crippen LogP contribution in [0.15, 0.2) is 11.8 Å². The Kier molecular flexibility index (Phi) is 4.38. The number of hydrogen-bond acceptors (Lipinski definition) is 4. The lowest BCUT2D eigenvalue weighted by Gasteiger charge is -2.32. The Bertz CT molecular complexity index is 206. The second kappa shape index (κ2) is 5.34. The Balaban J connectivity index is 2.78. The smallest absolute Gasteiger partial charge is 0.105 e. The predicted octanol–water partition coefficient (Wildman–Crippen LogP) is 0.525. The summed E-state index contributed by atoms with van der Waals surface area (Å²) in [5.74, 6) is 1.16. The molecule has 0 bridgehead atoms. The summed E-state index contributed by atoms with van der Waals surface area (Å²) in [6.45, 7) is 0.579. The van der Waals surface area contributed by atoms with Gasteiger partial charge in [-0.05, 0) is 12.5 Å². The molecule has 82 valence electrons. The van der Waals surface area contributed by atoms with Gasteiger partial charge in [-0.1, -0.05) is 0 Å². The molecule has 0 fully saturated rings. The van der Waals surface area contributed by atoms with Crippen LogP contribution in [0, 0.1) is 5.92 Å². The standard InChI is InChI=1S/C10H19NO3/c1-12-8-5-10(14-3)9(13-2)4-7(8)6-11/h5,7,9-10H,4,6,11H2,1-3H3. The molecule has 0 aliphatic heterocycles. The molecule has 0 saturated carbocycles.